The molecule has 0 radical (unpaired) electrons. The maximum atomic E-state index is 8.29. The Morgan fingerprint density at radius 1 is 0.812 bits per heavy atom. The fourth-order valence-electron chi connectivity index (χ4n) is 1.89. The van der Waals surface area contributed by atoms with Crippen LogP contribution >= 0.6 is 0 Å². The second-order valence-electron chi connectivity index (χ2n) is 4.50. The Hall–Kier alpha value is -0.770. The number of unbranched alkanes of at least 4 members (excludes halogenated alkanes) is 10. The fourth-order valence-corrected chi connectivity index (χ4v) is 1.89. The van der Waals surface area contributed by atoms with Crippen LogP contribution in [0.5, 0.6) is 0 Å². The Kier molecular flexibility index (Phi) is 13.5. The van der Waals surface area contributed by atoms with Crippen LogP contribution in [0.1, 0.15) is 77.6 Å². The zero-order valence-electron chi connectivity index (χ0n) is 10.9. The molecule has 16 heavy (non-hydrogen) atoms. The SMILES string of the molecule is CCCCCCCCCCCCC=CC#N. The minimum Gasteiger partial charge on any atom is -0.193 e. The molecular weight excluding hydrogens is 194 g/mol. The predicted octanol–water partition coefficient (Wildman–Crippen LogP) is 5.38. The molecular formula is C15H27N. The first-order valence-corrected chi connectivity index (χ1v) is 6.96. The summed E-state index contributed by atoms with van der Waals surface area (Å²) in [5, 5.41) is 8.29. The maximum absolute atomic E-state index is 8.29. The molecule has 0 aromatic carbocycles. The van der Waals surface area contributed by atoms with E-state index in [1.165, 1.54) is 64.2 Å². The van der Waals surface area contributed by atoms with Gasteiger partial charge in [-0.1, -0.05) is 70.8 Å². The summed E-state index contributed by atoms with van der Waals surface area (Å²) in [6.45, 7) is 2.26. The number of hydrogen-bond acceptors (Lipinski definition) is 1. The number of allylic oxidation sites excluding steroid dienone is 2. The highest BCUT2D eigenvalue weighted by Gasteiger charge is 1.91. The Morgan fingerprint density at radius 3 is 1.81 bits per heavy atom. The lowest BCUT2D eigenvalue weighted by atomic mass is 10.1. The van der Waals surface area contributed by atoms with Crippen LogP contribution in [0.3, 0.4) is 0 Å². The van der Waals surface area contributed by atoms with Crippen LogP contribution in [0.2, 0.25) is 0 Å². The van der Waals surface area contributed by atoms with E-state index < -0.39 is 0 Å². The standard InChI is InChI=1S/C15H27N/c1-2-3-4-5-6-7-8-9-10-11-12-13-14-15-16/h13-14H,2-12H2,1H3. The van der Waals surface area contributed by atoms with Gasteiger partial charge in [0.05, 0.1) is 6.07 Å². The summed E-state index contributed by atoms with van der Waals surface area (Å²) in [6, 6.07) is 2.02. The number of hydrogen-bond donors (Lipinski definition) is 0. The van der Waals surface area contributed by atoms with E-state index in [0.29, 0.717) is 0 Å². The lowest BCUT2D eigenvalue weighted by Crippen LogP contribution is -1.81. The molecule has 0 unspecified atom stereocenters. The van der Waals surface area contributed by atoms with Gasteiger partial charge in [0.15, 0.2) is 0 Å². The molecule has 0 saturated heterocycles. The largest absolute Gasteiger partial charge is 0.193 e. The van der Waals surface area contributed by atoms with Crippen molar-refractivity contribution >= 4 is 0 Å². The van der Waals surface area contributed by atoms with Crippen molar-refractivity contribution in [3.8, 4) is 6.07 Å². The van der Waals surface area contributed by atoms with Gasteiger partial charge in [0.2, 0.25) is 0 Å². The van der Waals surface area contributed by atoms with Crippen LogP contribution in [-0.4, -0.2) is 0 Å². The number of rotatable bonds is 11. The molecule has 0 N–H and O–H groups in total. The van der Waals surface area contributed by atoms with Gasteiger partial charge in [0, 0.05) is 6.08 Å². The van der Waals surface area contributed by atoms with Crippen LogP contribution in [0, 0.1) is 11.3 Å². The summed E-state index contributed by atoms with van der Waals surface area (Å²) >= 11 is 0. The van der Waals surface area contributed by atoms with Gasteiger partial charge < -0.3 is 0 Å². The van der Waals surface area contributed by atoms with E-state index in [4.69, 9.17) is 5.26 Å². The van der Waals surface area contributed by atoms with Gasteiger partial charge in [-0.15, -0.1) is 0 Å². The molecule has 0 fully saturated rings. The van der Waals surface area contributed by atoms with E-state index in [1.807, 2.05) is 12.1 Å². The molecule has 0 aliphatic rings. The molecule has 0 atom stereocenters. The van der Waals surface area contributed by atoms with E-state index in [0.717, 1.165) is 6.42 Å². The van der Waals surface area contributed by atoms with Crippen molar-refractivity contribution in [3.05, 3.63) is 12.2 Å². The Bertz CT molecular complexity index is 188. The summed E-state index contributed by atoms with van der Waals surface area (Å²) in [5.74, 6) is 0. The van der Waals surface area contributed by atoms with Crippen LogP contribution < -0.4 is 0 Å². The van der Waals surface area contributed by atoms with Crippen LogP contribution in [0.15, 0.2) is 12.2 Å². The van der Waals surface area contributed by atoms with Crippen molar-refractivity contribution in [2.24, 2.45) is 0 Å². The molecule has 92 valence electrons. The molecule has 1 heteroatoms. The summed E-state index contributed by atoms with van der Waals surface area (Å²) in [6.07, 6.45) is 18.4. The molecule has 0 heterocycles. The van der Waals surface area contributed by atoms with Crippen LogP contribution in [0.4, 0.5) is 0 Å². The lowest BCUT2D eigenvalue weighted by molar-refractivity contribution is 0.557. The Labute approximate surface area is 102 Å². The maximum Gasteiger partial charge on any atom is 0.0908 e. The van der Waals surface area contributed by atoms with Crippen molar-refractivity contribution < 1.29 is 0 Å². The van der Waals surface area contributed by atoms with Gasteiger partial charge in [-0.3, -0.25) is 0 Å². The van der Waals surface area contributed by atoms with Gasteiger partial charge in [0.25, 0.3) is 0 Å². The normalized spacial score (nSPS) is 10.8. The Balaban J connectivity index is 2.94. The van der Waals surface area contributed by atoms with Crippen molar-refractivity contribution in [3.63, 3.8) is 0 Å². The highest BCUT2D eigenvalue weighted by atomic mass is 14.2. The lowest BCUT2D eigenvalue weighted by Gasteiger charge is -2.01. The summed E-state index contributed by atoms with van der Waals surface area (Å²) < 4.78 is 0. The number of nitrogens with zero attached hydrogens (tertiary/aromatic N) is 1. The third-order valence-corrected chi connectivity index (χ3v) is 2.92. The van der Waals surface area contributed by atoms with Crippen molar-refractivity contribution in [2.75, 3.05) is 0 Å². The second-order valence-corrected chi connectivity index (χ2v) is 4.50. The Morgan fingerprint density at radius 2 is 1.31 bits per heavy atom. The smallest absolute Gasteiger partial charge is 0.0908 e. The van der Waals surface area contributed by atoms with Gasteiger partial charge in [-0.25, -0.2) is 0 Å². The average Bonchev–Trinajstić information content (AvgIpc) is 2.31. The molecule has 0 saturated carbocycles. The fraction of sp³-hybridized carbons (Fsp3) is 0.800. The van der Waals surface area contributed by atoms with E-state index in [9.17, 15) is 0 Å². The monoisotopic (exact) mass is 221 g/mol. The third-order valence-electron chi connectivity index (χ3n) is 2.92. The minimum absolute atomic E-state index is 1.07. The van der Waals surface area contributed by atoms with Crippen molar-refractivity contribution in [2.45, 2.75) is 77.6 Å². The minimum atomic E-state index is 1.07. The van der Waals surface area contributed by atoms with Gasteiger partial charge in [-0.05, 0) is 12.8 Å². The molecule has 0 spiro atoms. The third kappa shape index (κ3) is 13.2. The highest BCUT2D eigenvalue weighted by molar-refractivity contribution is 5.01. The predicted molar refractivity (Wildman–Crippen MR) is 71.2 cm³/mol. The molecule has 0 rings (SSSR count). The second kappa shape index (κ2) is 14.2. The van der Waals surface area contributed by atoms with E-state index >= 15 is 0 Å². The average molecular weight is 221 g/mol. The van der Waals surface area contributed by atoms with Gasteiger partial charge in [0.1, 0.15) is 0 Å². The zero-order valence-corrected chi connectivity index (χ0v) is 10.9. The first-order chi connectivity index (χ1) is 7.91. The van der Waals surface area contributed by atoms with Crippen LogP contribution in [-0.2, 0) is 0 Å². The first-order valence-electron chi connectivity index (χ1n) is 6.96. The van der Waals surface area contributed by atoms with E-state index in [2.05, 4.69) is 6.92 Å². The molecule has 0 aromatic heterocycles. The molecule has 1 nitrogen and oxygen atoms in total. The molecule has 0 amide bonds. The van der Waals surface area contributed by atoms with Gasteiger partial charge in [-0.2, -0.15) is 5.26 Å². The summed E-state index contributed by atoms with van der Waals surface area (Å²) in [4.78, 5) is 0. The van der Waals surface area contributed by atoms with Crippen molar-refractivity contribution in [1.29, 1.82) is 5.26 Å². The van der Waals surface area contributed by atoms with Crippen molar-refractivity contribution in [1.82, 2.24) is 0 Å². The quantitative estimate of drug-likeness (QED) is 0.339. The highest BCUT2D eigenvalue weighted by Crippen LogP contribution is 2.11. The summed E-state index contributed by atoms with van der Waals surface area (Å²) in [7, 11) is 0. The molecule has 0 aliphatic carbocycles. The van der Waals surface area contributed by atoms with E-state index in [1.54, 1.807) is 6.08 Å². The number of nitriles is 1. The van der Waals surface area contributed by atoms with Crippen LogP contribution in [0.25, 0.3) is 0 Å². The van der Waals surface area contributed by atoms with Gasteiger partial charge >= 0.3 is 0 Å². The molecule has 0 aliphatic heterocycles. The summed E-state index contributed by atoms with van der Waals surface area (Å²) in [5.41, 5.74) is 0. The molecule has 0 bridgehead atoms. The van der Waals surface area contributed by atoms with E-state index in [-0.39, 0.29) is 0 Å². The zero-order chi connectivity index (χ0) is 11.9. The first kappa shape index (κ1) is 15.2. The molecule has 0 aromatic rings. The topological polar surface area (TPSA) is 23.8 Å².